The summed E-state index contributed by atoms with van der Waals surface area (Å²) in [6.45, 7) is 4.64. The van der Waals surface area contributed by atoms with Gasteiger partial charge in [-0.25, -0.2) is 0 Å². The number of aliphatic hydroxyl groups is 1. The van der Waals surface area contributed by atoms with Crippen molar-refractivity contribution in [2.45, 2.75) is 71.3 Å². The van der Waals surface area contributed by atoms with Crippen LogP contribution in [0, 0.1) is 23.7 Å². The lowest BCUT2D eigenvalue weighted by Gasteiger charge is -2.37. The molecule has 1 nitrogen and oxygen atoms in total. The second-order valence-corrected chi connectivity index (χ2v) is 6.29. The van der Waals surface area contributed by atoms with E-state index in [4.69, 9.17) is 0 Å². The minimum Gasteiger partial charge on any atom is -0.393 e. The molecule has 1 N–H and O–H groups in total. The van der Waals surface area contributed by atoms with Gasteiger partial charge in [0.15, 0.2) is 0 Å². The zero-order chi connectivity index (χ0) is 11.5. The van der Waals surface area contributed by atoms with Gasteiger partial charge in [0.1, 0.15) is 0 Å². The van der Waals surface area contributed by atoms with Crippen LogP contribution in [0.3, 0.4) is 0 Å². The van der Waals surface area contributed by atoms with Gasteiger partial charge in [0, 0.05) is 0 Å². The Bertz CT molecular complexity index is 213. The molecule has 0 aliphatic heterocycles. The molecule has 0 heterocycles. The van der Waals surface area contributed by atoms with E-state index in [0.29, 0.717) is 11.8 Å². The van der Waals surface area contributed by atoms with Crippen molar-refractivity contribution in [2.24, 2.45) is 23.7 Å². The summed E-state index contributed by atoms with van der Waals surface area (Å²) in [5.74, 6) is 2.89. The molecule has 2 fully saturated rings. The lowest BCUT2D eigenvalue weighted by atomic mass is 9.72. The molecule has 0 spiro atoms. The van der Waals surface area contributed by atoms with Gasteiger partial charge in [-0.05, 0) is 42.9 Å². The predicted octanol–water partition coefficient (Wildman–Crippen LogP) is 4.00. The van der Waals surface area contributed by atoms with Crippen molar-refractivity contribution in [3.05, 3.63) is 0 Å². The summed E-state index contributed by atoms with van der Waals surface area (Å²) in [5.41, 5.74) is 0. The number of hydrogen-bond acceptors (Lipinski definition) is 1. The molecule has 2 saturated carbocycles. The Morgan fingerprint density at radius 3 is 2.50 bits per heavy atom. The highest BCUT2D eigenvalue weighted by molar-refractivity contribution is 4.87. The van der Waals surface area contributed by atoms with E-state index in [9.17, 15) is 5.11 Å². The molecule has 2 rings (SSSR count). The van der Waals surface area contributed by atoms with Crippen molar-refractivity contribution >= 4 is 0 Å². The van der Waals surface area contributed by atoms with Crippen LogP contribution in [0.1, 0.15) is 65.2 Å². The molecule has 16 heavy (non-hydrogen) atoms. The fraction of sp³-hybridized carbons (Fsp3) is 1.00. The summed E-state index contributed by atoms with van der Waals surface area (Å²) in [5, 5.41) is 10.6. The van der Waals surface area contributed by atoms with E-state index >= 15 is 0 Å². The average molecular weight is 224 g/mol. The summed E-state index contributed by atoms with van der Waals surface area (Å²) in [6.07, 6.45) is 10.5. The minimum atomic E-state index is 0.00944. The smallest absolute Gasteiger partial charge is 0.0599 e. The summed E-state index contributed by atoms with van der Waals surface area (Å²) < 4.78 is 0. The molecule has 1 heteroatoms. The van der Waals surface area contributed by atoms with Gasteiger partial charge in [-0.2, -0.15) is 0 Å². The average Bonchev–Trinajstić information content (AvgIpc) is 2.75. The molecular formula is C15H28O. The van der Waals surface area contributed by atoms with Gasteiger partial charge in [-0.3, -0.25) is 0 Å². The van der Waals surface area contributed by atoms with E-state index < -0.39 is 0 Å². The molecule has 0 radical (unpaired) electrons. The zero-order valence-corrected chi connectivity index (χ0v) is 11.0. The van der Waals surface area contributed by atoms with Crippen LogP contribution in [-0.4, -0.2) is 11.2 Å². The van der Waals surface area contributed by atoms with Crippen LogP contribution in [0.4, 0.5) is 0 Å². The second kappa shape index (κ2) is 5.53. The van der Waals surface area contributed by atoms with Crippen LogP contribution in [0.5, 0.6) is 0 Å². The standard InChI is InChI=1S/C15H28O/c1-3-12-6-4-5-7-14(12)15(16)13-9-8-11(2)10-13/h11-16H,3-10H2,1-2H3. The predicted molar refractivity (Wildman–Crippen MR) is 68.3 cm³/mol. The van der Waals surface area contributed by atoms with Crippen molar-refractivity contribution in [1.29, 1.82) is 0 Å². The van der Waals surface area contributed by atoms with E-state index in [1.165, 1.54) is 51.4 Å². The Labute approximate surface area is 101 Å². The van der Waals surface area contributed by atoms with Gasteiger partial charge in [-0.1, -0.05) is 46.0 Å². The molecule has 0 aromatic heterocycles. The van der Waals surface area contributed by atoms with Gasteiger partial charge >= 0.3 is 0 Å². The lowest BCUT2D eigenvalue weighted by molar-refractivity contribution is 0.00439. The Balaban J connectivity index is 1.93. The van der Waals surface area contributed by atoms with Crippen LogP contribution in [0.2, 0.25) is 0 Å². The Hall–Kier alpha value is -0.0400. The van der Waals surface area contributed by atoms with E-state index in [1.807, 2.05) is 0 Å². The number of rotatable bonds is 3. The Morgan fingerprint density at radius 2 is 1.88 bits per heavy atom. The zero-order valence-electron chi connectivity index (χ0n) is 11.0. The second-order valence-electron chi connectivity index (χ2n) is 6.29. The first kappa shape index (κ1) is 12.4. The highest BCUT2D eigenvalue weighted by atomic mass is 16.3. The molecule has 0 saturated heterocycles. The SMILES string of the molecule is CCC1CCCCC1C(O)C1CCC(C)C1. The maximum atomic E-state index is 10.6. The largest absolute Gasteiger partial charge is 0.393 e. The minimum absolute atomic E-state index is 0.00944. The Kier molecular flexibility index (Phi) is 4.29. The van der Waals surface area contributed by atoms with Crippen molar-refractivity contribution in [3.63, 3.8) is 0 Å². The molecule has 2 aliphatic rings. The third-order valence-corrected chi connectivity index (χ3v) is 5.15. The first-order valence-corrected chi connectivity index (χ1v) is 7.40. The van der Waals surface area contributed by atoms with E-state index in [-0.39, 0.29) is 6.10 Å². The summed E-state index contributed by atoms with van der Waals surface area (Å²) >= 11 is 0. The van der Waals surface area contributed by atoms with Gasteiger partial charge in [0.2, 0.25) is 0 Å². The number of hydrogen-bond donors (Lipinski definition) is 1. The monoisotopic (exact) mass is 224 g/mol. The molecule has 5 atom stereocenters. The van der Waals surface area contributed by atoms with Crippen molar-refractivity contribution in [1.82, 2.24) is 0 Å². The maximum absolute atomic E-state index is 10.6. The summed E-state index contributed by atoms with van der Waals surface area (Å²) in [4.78, 5) is 0. The molecule has 94 valence electrons. The van der Waals surface area contributed by atoms with Crippen molar-refractivity contribution < 1.29 is 5.11 Å². The van der Waals surface area contributed by atoms with Crippen molar-refractivity contribution in [3.8, 4) is 0 Å². The molecule has 0 aromatic carbocycles. The third kappa shape index (κ3) is 2.61. The summed E-state index contributed by atoms with van der Waals surface area (Å²) in [6, 6.07) is 0. The number of aliphatic hydroxyl groups excluding tert-OH is 1. The van der Waals surface area contributed by atoms with Gasteiger partial charge in [0.25, 0.3) is 0 Å². The van der Waals surface area contributed by atoms with Crippen LogP contribution in [0.15, 0.2) is 0 Å². The third-order valence-electron chi connectivity index (χ3n) is 5.15. The molecule has 0 aromatic rings. The van der Waals surface area contributed by atoms with Gasteiger partial charge in [-0.15, -0.1) is 0 Å². The van der Waals surface area contributed by atoms with Gasteiger partial charge < -0.3 is 5.11 Å². The normalized spacial score (nSPS) is 42.2. The molecule has 0 amide bonds. The molecule has 0 bridgehead atoms. The lowest BCUT2D eigenvalue weighted by Crippen LogP contribution is -2.35. The van der Waals surface area contributed by atoms with E-state index in [0.717, 1.165) is 11.8 Å². The molecule has 5 unspecified atom stereocenters. The van der Waals surface area contributed by atoms with Crippen LogP contribution in [-0.2, 0) is 0 Å². The van der Waals surface area contributed by atoms with Crippen LogP contribution < -0.4 is 0 Å². The first-order chi connectivity index (χ1) is 7.72. The highest BCUT2D eigenvalue weighted by Crippen LogP contribution is 2.41. The van der Waals surface area contributed by atoms with E-state index in [2.05, 4.69) is 13.8 Å². The quantitative estimate of drug-likeness (QED) is 0.768. The maximum Gasteiger partial charge on any atom is 0.0599 e. The van der Waals surface area contributed by atoms with Crippen LogP contribution >= 0.6 is 0 Å². The molecule has 2 aliphatic carbocycles. The van der Waals surface area contributed by atoms with E-state index in [1.54, 1.807) is 0 Å². The first-order valence-electron chi connectivity index (χ1n) is 7.40. The van der Waals surface area contributed by atoms with Crippen LogP contribution in [0.25, 0.3) is 0 Å². The topological polar surface area (TPSA) is 20.2 Å². The van der Waals surface area contributed by atoms with Crippen molar-refractivity contribution in [2.75, 3.05) is 0 Å². The Morgan fingerprint density at radius 1 is 1.12 bits per heavy atom. The highest BCUT2D eigenvalue weighted by Gasteiger charge is 2.36. The fourth-order valence-corrected chi connectivity index (χ4v) is 4.10. The fourth-order valence-electron chi connectivity index (χ4n) is 4.10. The molecular weight excluding hydrogens is 196 g/mol. The van der Waals surface area contributed by atoms with Gasteiger partial charge in [0.05, 0.1) is 6.10 Å². The summed E-state index contributed by atoms with van der Waals surface area (Å²) in [7, 11) is 0.